The van der Waals surface area contributed by atoms with E-state index in [0.717, 1.165) is 40.3 Å². The second kappa shape index (κ2) is 8.35. The highest BCUT2D eigenvalue weighted by Gasteiger charge is 2.23. The molecule has 1 unspecified atom stereocenters. The first-order valence-corrected chi connectivity index (χ1v) is 9.13. The van der Waals surface area contributed by atoms with E-state index >= 15 is 0 Å². The van der Waals surface area contributed by atoms with E-state index in [1.165, 1.54) is 7.11 Å². The van der Waals surface area contributed by atoms with Crippen molar-refractivity contribution in [1.82, 2.24) is 4.90 Å². The molecular weight excluding hydrogens is 340 g/mol. The fraction of sp³-hybridized carbons (Fsp3) is 0.364. The molecule has 0 N–H and O–H groups in total. The number of likely N-dealkylation sites (N-methyl/N-ethyl adjacent to an activating group) is 1. The predicted molar refractivity (Wildman–Crippen MR) is 107 cm³/mol. The van der Waals surface area contributed by atoms with E-state index in [9.17, 15) is 4.79 Å². The molecule has 142 valence electrons. The summed E-state index contributed by atoms with van der Waals surface area (Å²) in [4.78, 5) is 19.0. The van der Waals surface area contributed by atoms with Crippen LogP contribution in [0.5, 0.6) is 5.75 Å². The van der Waals surface area contributed by atoms with Crippen LogP contribution in [0.4, 0.5) is 0 Å². The van der Waals surface area contributed by atoms with Crippen LogP contribution in [0, 0.1) is 0 Å². The molecule has 0 amide bonds. The first-order valence-electron chi connectivity index (χ1n) is 9.13. The van der Waals surface area contributed by atoms with Gasteiger partial charge in [-0.1, -0.05) is 30.3 Å². The lowest BCUT2D eigenvalue weighted by atomic mass is 9.93. The lowest BCUT2D eigenvalue weighted by molar-refractivity contribution is -0.141. The van der Waals surface area contributed by atoms with E-state index in [-0.39, 0.29) is 11.9 Å². The van der Waals surface area contributed by atoms with Crippen LogP contribution in [0.3, 0.4) is 0 Å². The van der Waals surface area contributed by atoms with Gasteiger partial charge in [-0.25, -0.2) is 0 Å². The molecule has 5 heteroatoms. The standard InChI is InChI=1S/C22H26N2O3/c1-15(22(25)26-4)16-9-10-20-19(13-16)21(23-11-12-24(2)3)18-8-6-5-7-17(18)14-27-20/h5-10,13,15H,11-12,14H2,1-4H3. The highest BCUT2D eigenvalue weighted by molar-refractivity contribution is 6.15. The van der Waals surface area contributed by atoms with Crippen LogP contribution in [0.25, 0.3) is 0 Å². The number of aliphatic imine (C=N–C) groups is 1. The summed E-state index contributed by atoms with van der Waals surface area (Å²) in [5.74, 6) is 0.188. The maximum atomic E-state index is 12.0. The molecule has 0 fully saturated rings. The van der Waals surface area contributed by atoms with Crippen molar-refractivity contribution in [3.63, 3.8) is 0 Å². The highest BCUT2D eigenvalue weighted by Crippen LogP contribution is 2.32. The molecule has 2 aromatic carbocycles. The van der Waals surface area contributed by atoms with Gasteiger partial charge in [-0.05, 0) is 44.3 Å². The van der Waals surface area contributed by atoms with Crippen molar-refractivity contribution in [2.45, 2.75) is 19.4 Å². The van der Waals surface area contributed by atoms with Gasteiger partial charge in [0, 0.05) is 17.7 Å². The quantitative estimate of drug-likeness (QED) is 0.762. The molecule has 0 saturated carbocycles. The van der Waals surface area contributed by atoms with Crippen LogP contribution in [0.15, 0.2) is 47.5 Å². The second-order valence-electron chi connectivity index (χ2n) is 6.98. The number of carbonyl (C=O) groups excluding carboxylic acids is 1. The Bertz CT molecular complexity index is 858. The molecule has 0 aromatic heterocycles. The molecule has 0 bridgehead atoms. The lowest BCUT2D eigenvalue weighted by Crippen LogP contribution is -2.17. The van der Waals surface area contributed by atoms with Gasteiger partial charge >= 0.3 is 5.97 Å². The Kier molecular flexibility index (Phi) is 5.91. The summed E-state index contributed by atoms with van der Waals surface area (Å²) >= 11 is 0. The van der Waals surface area contributed by atoms with Gasteiger partial charge in [0.15, 0.2) is 0 Å². The summed E-state index contributed by atoms with van der Waals surface area (Å²) in [7, 11) is 5.48. The van der Waals surface area contributed by atoms with E-state index in [0.29, 0.717) is 13.2 Å². The molecule has 0 spiro atoms. The molecule has 27 heavy (non-hydrogen) atoms. The number of methoxy groups -OCH3 is 1. The minimum atomic E-state index is -0.346. The molecule has 1 aliphatic rings. The van der Waals surface area contributed by atoms with Gasteiger partial charge < -0.3 is 14.4 Å². The summed E-state index contributed by atoms with van der Waals surface area (Å²) in [6.07, 6.45) is 0. The van der Waals surface area contributed by atoms with Crippen LogP contribution >= 0.6 is 0 Å². The van der Waals surface area contributed by atoms with Gasteiger partial charge in [0.05, 0.1) is 25.3 Å². The molecule has 1 aliphatic heterocycles. The SMILES string of the molecule is COC(=O)C(C)c1ccc2c(c1)C(=NCCN(C)C)c1ccccc1CO2. The zero-order valence-electron chi connectivity index (χ0n) is 16.4. The van der Waals surface area contributed by atoms with Crippen molar-refractivity contribution < 1.29 is 14.3 Å². The Morgan fingerprint density at radius 2 is 2.00 bits per heavy atom. The molecule has 1 heterocycles. The largest absolute Gasteiger partial charge is 0.488 e. The monoisotopic (exact) mass is 366 g/mol. The molecule has 1 atom stereocenters. The molecule has 0 radical (unpaired) electrons. The molecule has 3 rings (SSSR count). The van der Waals surface area contributed by atoms with Gasteiger partial charge in [-0.3, -0.25) is 9.79 Å². The number of carbonyl (C=O) groups is 1. The number of fused-ring (bicyclic) bond motifs is 2. The number of ether oxygens (including phenoxy) is 2. The third kappa shape index (κ3) is 4.19. The van der Waals surface area contributed by atoms with E-state index < -0.39 is 0 Å². The molecule has 0 saturated heterocycles. The minimum absolute atomic E-state index is 0.254. The number of benzene rings is 2. The van der Waals surface area contributed by atoms with Gasteiger partial charge in [0.25, 0.3) is 0 Å². The van der Waals surface area contributed by atoms with Gasteiger partial charge in [-0.15, -0.1) is 0 Å². The lowest BCUT2D eigenvalue weighted by Gasteiger charge is -2.15. The normalized spacial score (nSPS) is 15.5. The Balaban J connectivity index is 2.09. The second-order valence-corrected chi connectivity index (χ2v) is 6.98. The number of hydrogen-bond acceptors (Lipinski definition) is 5. The summed E-state index contributed by atoms with van der Waals surface area (Å²) in [6.45, 7) is 3.90. The van der Waals surface area contributed by atoms with Crippen molar-refractivity contribution in [2.24, 2.45) is 4.99 Å². The van der Waals surface area contributed by atoms with Gasteiger partial charge in [0.2, 0.25) is 0 Å². The van der Waals surface area contributed by atoms with E-state index in [4.69, 9.17) is 14.5 Å². The van der Waals surface area contributed by atoms with Crippen LogP contribution in [0.1, 0.15) is 35.1 Å². The number of esters is 1. The summed E-state index contributed by atoms with van der Waals surface area (Å²) in [6, 6.07) is 14.0. The molecule has 2 aromatic rings. The van der Waals surface area contributed by atoms with Gasteiger partial charge in [0.1, 0.15) is 12.4 Å². The first-order chi connectivity index (χ1) is 13.0. The first kappa shape index (κ1) is 19.1. The van der Waals surface area contributed by atoms with E-state index in [1.54, 1.807) is 0 Å². The smallest absolute Gasteiger partial charge is 0.312 e. The Morgan fingerprint density at radius 1 is 1.22 bits per heavy atom. The summed E-state index contributed by atoms with van der Waals surface area (Å²) < 4.78 is 11.0. The van der Waals surface area contributed by atoms with Crippen molar-refractivity contribution in [3.05, 3.63) is 64.7 Å². The van der Waals surface area contributed by atoms with Crippen LogP contribution in [0.2, 0.25) is 0 Å². The minimum Gasteiger partial charge on any atom is -0.488 e. The maximum absolute atomic E-state index is 12.0. The zero-order valence-corrected chi connectivity index (χ0v) is 16.4. The van der Waals surface area contributed by atoms with Crippen molar-refractivity contribution in [2.75, 3.05) is 34.3 Å². The average Bonchev–Trinajstić information content (AvgIpc) is 2.83. The number of nitrogens with zero attached hydrogens (tertiary/aromatic N) is 2. The third-order valence-corrected chi connectivity index (χ3v) is 4.79. The predicted octanol–water partition coefficient (Wildman–Crippen LogP) is 3.25. The zero-order chi connectivity index (χ0) is 19.4. The Hall–Kier alpha value is -2.66. The maximum Gasteiger partial charge on any atom is 0.312 e. The van der Waals surface area contributed by atoms with Crippen LogP contribution in [-0.2, 0) is 16.1 Å². The number of hydrogen-bond donors (Lipinski definition) is 0. The van der Waals surface area contributed by atoms with Gasteiger partial charge in [-0.2, -0.15) is 0 Å². The Morgan fingerprint density at radius 3 is 2.74 bits per heavy atom. The fourth-order valence-corrected chi connectivity index (χ4v) is 3.15. The summed E-state index contributed by atoms with van der Waals surface area (Å²) in [5.41, 5.74) is 4.92. The molecular formula is C22H26N2O3. The van der Waals surface area contributed by atoms with Crippen molar-refractivity contribution in [3.8, 4) is 5.75 Å². The third-order valence-electron chi connectivity index (χ3n) is 4.79. The van der Waals surface area contributed by atoms with E-state index in [2.05, 4.69) is 17.0 Å². The molecule has 5 nitrogen and oxygen atoms in total. The topological polar surface area (TPSA) is 51.1 Å². The van der Waals surface area contributed by atoms with Crippen molar-refractivity contribution >= 4 is 11.7 Å². The van der Waals surface area contributed by atoms with Crippen LogP contribution < -0.4 is 4.74 Å². The molecule has 0 aliphatic carbocycles. The summed E-state index contributed by atoms with van der Waals surface area (Å²) in [5, 5.41) is 0. The number of rotatable bonds is 5. The van der Waals surface area contributed by atoms with Crippen LogP contribution in [-0.4, -0.2) is 50.9 Å². The fourth-order valence-electron chi connectivity index (χ4n) is 3.15. The van der Waals surface area contributed by atoms with E-state index in [1.807, 2.05) is 51.4 Å². The van der Waals surface area contributed by atoms with Crippen molar-refractivity contribution in [1.29, 1.82) is 0 Å². The highest BCUT2D eigenvalue weighted by atomic mass is 16.5. The average molecular weight is 366 g/mol. The Labute approximate surface area is 160 Å².